The second kappa shape index (κ2) is 5.80. The summed E-state index contributed by atoms with van der Waals surface area (Å²) in [5, 5.41) is 20.6. The van der Waals surface area contributed by atoms with Crippen LogP contribution in [0.5, 0.6) is 0 Å². The number of aromatic carboxylic acids is 1. The maximum Gasteiger partial charge on any atom is 0.338 e. The number of benzene rings is 2. The van der Waals surface area contributed by atoms with Gasteiger partial charge in [-0.05, 0) is 17.7 Å². The van der Waals surface area contributed by atoms with E-state index in [1.165, 1.54) is 12.1 Å². The molecular weight excluding hydrogens is 296 g/mol. The third-order valence-corrected chi connectivity index (χ3v) is 3.42. The number of nitrogen functional groups attached to an aromatic ring is 1. The number of nitro benzene ring substituents is 1. The number of carboxylic acid groups (broad SMARTS) is 1. The molecule has 0 aliphatic heterocycles. The highest BCUT2D eigenvalue weighted by Crippen LogP contribution is 2.32. The molecule has 0 amide bonds. The van der Waals surface area contributed by atoms with Gasteiger partial charge in [0, 0.05) is 17.0 Å². The molecule has 2 rings (SSSR count). The molecule has 0 bridgehead atoms. The largest absolute Gasteiger partial charge is 0.478 e. The maximum absolute atomic E-state index is 11.2. The first-order chi connectivity index (χ1) is 9.91. The Labute approximate surface area is 124 Å². The third-order valence-electron chi connectivity index (χ3n) is 3.05. The Balaban J connectivity index is 2.54. The first-order valence-electron chi connectivity index (χ1n) is 5.94. The van der Waals surface area contributed by atoms with Gasteiger partial charge in [0.25, 0.3) is 5.69 Å². The maximum atomic E-state index is 11.2. The fourth-order valence-corrected chi connectivity index (χ4v) is 2.25. The van der Waals surface area contributed by atoms with Gasteiger partial charge >= 0.3 is 5.97 Å². The number of anilines is 1. The first-order valence-corrected chi connectivity index (χ1v) is 6.32. The topological polar surface area (TPSA) is 106 Å². The van der Waals surface area contributed by atoms with E-state index in [0.717, 1.165) is 0 Å². The lowest BCUT2D eigenvalue weighted by molar-refractivity contribution is -0.384. The molecule has 6 nitrogen and oxygen atoms in total. The van der Waals surface area contributed by atoms with Crippen LogP contribution in [0.15, 0.2) is 36.4 Å². The highest BCUT2D eigenvalue weighted by atomic mass is 35.5. The minimum atomic E-state index is -1.31. The molecule has 0 aliphatic carbocycles. The zero-order valence-electron chi connectivity index (χ0n) is 10.7. The lowest BCUT2D eigenvalue weighted by Crippen LogP contribution is -2.08. The van der Waals surface area contributed by atoms with E-state index in [9.17, 15) is 14.9 Å². The minimum Gasteiger partial charge on any atom is -0.478 e. The summed E-state index contributed by atoms with van der Waals surface area (Å²) in [4.78, 5) is 21.5. The Kier molecular flexibility index (Phi) is 4.09. The molecule has 3 N–H and O–H groups in total. The Bertz CT molecular complexity index is 731. The van der Waals surface area contributed by atoms with Gasteiger partial charge in [0.15, 0.2) is 0 Å². The molecule has 108 valence electrons. The quantitative estimate of drug-likeness (QED) is 0.512. The molecule has 2 aromatic carbocycles. The van der Waals surface area contributed by atoms with Crippen molar-refractivity contribution in [3.05, 3.63) is 68.2 Å². The van der Waals surface area contributed by atoms with E-state index >= 15 is 0 Å². The monoisotopic (exact) mass is 306 g/mol. The van der Waals surface area contributed by atoms with Crippen LogP contribution in [-0.4, -0.2) is 16.0 Å². The van der Waals surface area contributed by atoms with Gasteiger partial charge in [-0.1, -0.05) is 35.9 Å². The second-order valence-corrected chi connectivity index (χ2v) is 4.77. The molecule has 0 radical (unpaired) electrons. The summed E-state index contributed by atoms with van der Waals surface area (Å²) in [6.07, 6.45) is 0.195. The van der Waals surface area contributed by atoms with Crippen LogP contribution in [0.2, 0.25) is 5.02 Å². The van der Waals surface area contributed by atoms with E-state index in [4.69, 9.17) is 22.4 Å². The van der Waals surface area contributed by atoms with Crippen LogP contribution in [0.1, 0.15) is 21.5 Å². The Morgan fingerprint density at radius 3 is 2.48 bits per heavy atom. The average molecular weight is 307 g/mol. The average Bonchev–Trinajstić information content (AvgIpc) is 2.40. The molecule has 7 heteroatoms. The van der Waals surface area contributed by atoms with Gasteiger partial charge in [-0.3, -0.25) is 10.1 Å². The molecular formula is C14H11ClN2O4. The van der Waals surface area contributed by atoms with Gasteiger partial charge in [0.05, 0.1) is 10.5 Å². The van der Waals surface area contributed by atoms with E-state index in [-0.39, 0.29) is 17.7 Å². The molecule has 0 aromatic heterocycles. The molecule has 0 atom stereocenters. The number of hydrogen-bond donors (Lipinski definition) is 2. The minimum absolute atomic E-state index is 0.195. The molecule has 0 aliphatic rings. The fraction of sp³-hybridized carbons (Fsp3) is 0.0714. The number of halogens is 1. The van der Waals surface area contributed by atoms with Crippen molar-refractivity contribution >= 4 is 28.9 Å². The number of carbonyl (C=O) groups is 1. The SMILES string of the molecule is Nc1c(C(=O)O)ccc(Cc2ccccc2Cl)c1[N+](=O)[O-]. The van der Waals surface area contributed by atoms with E-state index in [2.05, 4.69) is 0 Å². The summed E-state index contributed by atoms with van der Waals surface area (Å²) in [5.41, 5.74) is 5.61. The van der Waals surface area contributed by atoms with Crippen LogP contribution >= 0.6 is 11.6 Å². The zero-order chi connectivity index (χ0) is 15.6. The van der Waals surface area contributed by atoms with Crippen molar-refractivity contribution in [1.82, 2.24) is 0 Å². The van der Waals surface area contributed by atoms with Crippen molar-refractivity contribution in [3.8, 4) is 0 Å². The van der Waals surface area contributed by atoms with Crippen molar-refractivity contribution in [2.75, 3.05) is 5.73 Å². The molecule has 0 heterocycles. The van der Waals surface area contributed by atoms with Crippen LogP contribution in [0, 0.1) is 10.1 Å². The lowest BCUT2D eigenvalue weighted by Gasteiger charge is -2.09. The molecule has 0 fully saturated rings. The standard InChI is InChI=1S/C14H11ClN2O4/c15-11-4-2-1-3-8(11)7-9-5-6-10(14(18)19)12(16)13(9)17(20)21/h1-6H,7,16H2,(H,18,19). The van der Waals surface area contributed by atoms with E-state index < -0.39 is 16.6 Å². The van der Waals surface area contributed by atoms with Crippen molar-refractivity contribution in [2.24, 2.45) is 0 Å². The number of rotatable bonds is 4. The molecule has 0 unspecified atom stereocenters. The zero-order valence-corrected chi connectivity index (χ0v) is 11.5. The predicted molar refractivity (Wildman–Crippen MR) is 78.7 cm³/mol. The van der Waals surface area contributed by atoms with Crippen LogP contribution < -0.4 is 5.73 Å². The van der Waals surface area contributed by atoms with E-state index in [0.29, 0.717) is 16.1 Å². The number of nitrogens with two attached hydrogens (primary N) is 1. The molecule has 0 saturated carbocycles. The Hall–Kier alpha value is -2.60. The Morgan fingerprint density at radius 2 is 1.90 bits per heavy atom. The van der Waals surface area contributed by atoms with Crippen LogP contribution in [-0.2, 0) is 6.42 Å². The smallest absolute Gasteiger partial charge is 0.338 e. The summed E-state index contributed by atoms with van der Waals surface area (Å²) >= 11 is 6.03. The lowest BCUT2D eigenvalue weighted by atomic mass is 9.99. The first kappa shape index (κ1) is 14.8. The Morgan fingerprint density at radius 1 is 1.24 bits per heavy atom. The summed E-state index contributed by atoms with van der Waals surface area (Å²) in [5.74, 6) is -1.31. The highest BCUT2D eigenvalue weighted by molar-refractivity contribution is 6.31. The highest BCUT2D eigenvalue weighted by Gasteiger charge is 2.24. The van der Waals surface area contributed by atoms with Gasteiger partial charge in [-0.25, -0.2) is 4.79 Å². The summed E-state index contributed by atoms with van der Waals surface area (Å²) < 4.78 is 0. The van der Waals surface area contributed by atoms with Crippen LogP contribution in [0.25, 0.3) is 0 Å². The van der Waals surface area contributed by atoms with Crippen molar-refractivity contribution in [3.63, 3.8) is 0 Å². The number of carboxylic acids is 1. The number of nitro groups is 1. The van der Waals surface area contributed by atoms with Crippen LogP contribution in [0.3, 0.4) is 0 Å². The van der Waals surface area contributed by atoms with Gasteiger partial charge < -0.3 is 10.8 Å². The van der Waals surface area contributed by atoms with Gasteiger partial charge in [0.1, 0.15) is 5.69 Å². The number of nitrogens with zero attached hydrogens (tertiary/aromatic N) is 1. The van der Waals surface area contributed by atoms with Gasteiger partial charge in [0.2, 0.25) is 0 Å². The molecule has 21 heavy (non-hydrogen) atoms. The van der Waals surface area contributed by atoms with Gasteiger partial charge in [-0.2, -0.15) is 0 Å². The summed E-state index contributed by atoms with van der Waals surface area (Å²) in [6.45, 7) is 0. The number of hydrogen-bond acceptors (Lipinski definition) is 4. The summed E-state index contributed by atoms with van der Waals surface area (Å²) in [7, 11) is 0. The second-order valence-electron chi connectivity index (χ2n) is 4.36. The molecule has 0 saturated heterocycles. The van der Waals surface area contributed by atoms with Crippen LogP contribution in [0.4, 0.5) is 11.4 Å². The summed E-state index contributed by atoms with van der Waals surface area (Å²) in [6, 6.07) is 9.59. The van der Waals surface area contributed by atoms with Crippen molar-refractivity contribution in [2.45, 2.75) is 6.42 Å². The van der Waals surface area contributed by atoms with E-state index in [1.807, 2.05) is 0 Å². The van der Waals surface area contributed by atoms with Crippen molar-refractivity contribution < 1.29 is 14.8 Å². The fourth-order valence-electron chi connectivity index (χ4n) is 2.04. The normalized spacial score (nSPS) is 10.3. The molecule has 2 aromatic rings. The molecule has 0 spiro atoms. The predicted octanol–water partition coefficient (Wildman–Crippen LogP) is 3.12. The van der Waals surface area contributed by atoms with E-state index in [1.54, 1.807) is 24.3 Å². The van der Waals surface area contributed by atoms with Crippen molar-refractivity contribution in [1.29, 1.82) is 0 Å². The third kappa shape index (κ3) is 2.95. The van der Waals surface area contributed by atoms with Gasteiger partial charge in [-0.15, -0.1) is 0 Å².